The van der Waals surface area contributed by atoms with Crippen molar-refractivity contribution >= 4 is 44.9 Å². The average Bonchev–Trinajstić information content (AvgIpc) is 4.05. The standard InChI is InChI=1S/C38H48F4N6O9S/c1-21-8-6-7-9-23-17-37(23,33(51)47-58(53,54)36(20-39)12-13-36)46-31(49)28-16-25(56-29-18-43-26-11-10-24(55-5)15-27(26)44-29)19-48(28)32(50)30(22(2)14-21)45-34(52)57-35(3,4)38(40,41)42/h7,9-11,15,18,21-23,25,28,30H,6,8,12-14,16-17,19-20H2,1-5H3,(H,45,52)(H,46,49)(H,47,51)/b9-7-/t21-,22-,23-,25-,28+,30+,37-/m1/s1. The first-order valence-corrected chi connectivity index (χ1v) is 20.6. The van der Waals surface area contributed by atoms with E-state index in [2.05, 4.69) is 20.6 Å². The van der Waals surface area contributed by atoms with Crippen molar-refractivity contribution in [2.24, 2.45) is 17.8 Å². The third-order valence-electron chi connectivity index (χ3n) is 11.6. The number of alkyl halides is 4. The molecule has 6 rings (SSSR count). The maximum Gasteiger partial charge on any atom is 0.427 e. The van der Waals surface area contributed by atoms with Crippen LogP contribution in [0, 0.1) is 17.8 Å². The molecule has 0 spiro atoms. The molecule has 20 heteroatoms. The number of aromatic nitrogens is 2. The summed E-state index contributed by atoms with van der Waals surface area (Å²) in [4.78, 5) is 66.0. The van der Waals surface area contributed by atoms with E-state index in [1.165, 1.54) is 13.3 Å². The average molecular weight is 841 g/mol. The number of sulfonamides is 1. The quantitative estimate of drug-likeness (QED) is 0.241. The van der Waals surface area contributed by atoms with Crippen LogP contribution in [0.1, 0.15) is 72.6 Å². The number of halogens is 4. The fraction of sp³-hybridized carbons (Fsp3) is 0.632. The number of ether oxygens (including phenoxy) is 3. The molecule has 3 N–H and O–H groups in total. The molecule has 3 heterocycles. The van der Waals surface area contributed by atoms with Crippen LogP contribution in [0.15, 0.2) is 36.5 Å². The molecule has 2 aliphatic carbocycles. The predicted molar refractivity (Wildman–Crippen MR) is 199 cm³/mol. The van der Waals surface area contributed by atoms with Gasteiger partial charge >= 0.3 is 12.3 Å². The molecule has 0 radical (unpaired) electrons. The minimum absolute atomic E-state index is 0.00749. The first kappa shape index (κ1) is 42.8. The van der Waals surface area contributed by atoms with Crippen LogP contribution in [0.4, 0.5) is 22.4 Å². The van der Waals surface area contributed by atoms with Crippen LogP contribution >= 0.6 is 0 Å². The molecule has 2 aromatic rings. The van der Waals surface area contributed by atoms with E-state index in [0.717, 1.165) is 4.90 Å². The molecule has 1 aromatic carbocycles. The van der Waals surface area contributed by atoms with E-state index in [-0.39, 0.29) is 44.0 Å². The van der Waals surface area contributed by atoms with Crippen LogP contribution in [-0.4, -0.2) is 108 Å². The molecule has 4 amide bonds. The summed E-state index contributed by atoms with van der Waals surface area (Å²) < 4.78 is 97.7. The summed E-state index contributed by atoms with van der Waals surface area (Å²) in [5.41, 5.74) is -3.73. The van der Waals surface area contributed by atoms with Crippen LogP contribution in [0.5, 0.6) is 11.6 Å². The number of nitrogens with one attached hydrogen (secondary N) is 3. The minimum atomic E-state index is -4.93. The highest BCUT2D eigenvalue weighted by Crippen LogP contribution is 2.48. The number of carbonyl (C=O) groups is 4. The fourth-order valence-electron chi connectivity index (χ4n) is 7.53. The number of alkyl carbamates (subject to hydrolysis) is 1. The molecule has 1 aromatic heterocycles. The Bertz CT molecular complexity index is 2080. The van der Waals surface area contributed by atoms with Gasteiger partial charge in [0, 0.05) is 18.4 Å². The van der Waals surface area contributed by atoms with Crippen LogP contribution in [0.25, 0.3) is 11.0 Å². The number of fused-ring (bicyclic) bond motifs is 3. The highest BCUT2D eigenvalue weighted by atomic mass is 32.2. The van der Waals surface area contributed by atoms with Crippen molar-refractivity contribution in [3.8, 4) is 11.6 Å². The number of rotatable bonds is 9. The van der Waals surface area contributed by atoms with Gasteiger partial charge in [0.1, 0.15) is 40.9 Å². The van der Waals surface area contributed by atoms with E-state index >= 15 is 0 Å². The summed E-state index contributed by atoms with van der Waals surface area (Å²) in [5, 5.41) is 5.04. The molecule has 4 aliphatic rings. The molecular weight excluding hydrogens is 793 g/mol. The maximum absolute atomic E-state index is 14.7. The van der Waals surface area contributed by atoms with Gasteiger partial charge in [0.2, 0.25) is 33.3 Å². The number of benzene rings is 1. The molecule has 3 fully saturated rings. The smallest absolute Gasteiger partial charge is 0.427 e. The summed E-state index contributed by atoms with van der Waals surface area (Å²) in [6.07, 6.45) is -1.23. The van der Waals surface area contributed by atoms with Crippen molar-refractivity contribution in [2.45, 2.75) is 113 Å². The second-order valence-corrected chi connectivity index (χ2v) is 18.5. The first-order chi connectivity index (χ1) is 27.1. The van der Waals surface area contributed by atoms with Gasteiger partial charge in [-0.1, -0.05) is 26.0 Å². The van der Waals surface area contributed by atoms with Crippen molar-refractivity contribution in [3.63, 3.8) is 0 Å². The third kappa shape index (κ3) is 8.66. The topological polar surface area (TPSA) is 195 Å². The van der Waals surface area contributed by atoms with E-state index < -0.39 is 92.6 Å². The molecule has 2 aliphatic heterocycles. The highest BCUT2D eigenvalue weighted by Gasteiger charge is 2.64. The Morgan fingerprint density at radius 2 is 1.83 bits per heavy atom. The number of hydrogen-bond acceptors (Lipinski definition) is 11. The van der Waals surface area contributed by atoms with Gasteiger partial charge < -0.3 is 29.7 Å². The van der Waals surface area contributed by atoms with Gasteiger partial charge in [-0.25, -0.2) is 27.6 Å². The van der Waals surface area contributed by atoms with E-state index in [0.29, 0.717) is 49.9 Å². The van der Waals surface area contributed by atoms with E-state index in [1.54, 1.807) is 37.3 Å². The minimum Gasteiger partial charge on any atom is -0.497 e. The molecule has 15 nitrogen and oxygen atoms in total. The zero-order chi connectivity index (χ0) is 42.4. The second kappa shape index (κ2) is 15.8. The Hall–Kier alpha value is -4.75. The van der Waals surface area contributed by atoms with Crippen LogP contribution in [0.2, 0.25) is 0 Å². The molecule has 1 saturated heterocycles. The lowest BCUT2D eigenvalue weighted by Gasteiger charge is -2.34. The van der Waals surface area contributed by atoms with Gasteiger partial charge in [-0.2, -0.15) is 13.2 Å². The molecule has 58 heavy (non-hydrogen) atoms. The summed E-state index contributed by atoms with van der Waals surface area (Å²) >= 11 is 0. The van der Waals surface area contributed by atoms with Gasteiger partial charge in [-0.05, 0) is 76.3 Å². The molecule has 0 unspecified atom stereocenters. The van der Waals surface area contributed by atoms with Crippen molar-refractivity contribution in [1.82, 2.24) is 30.2 Å². The van der Waals surface area contributed by atoms with Gasteiger partial charge in [0.15, 0.2) is 0 Å². The predicted octanol–water partition coefficient (Wildman–Crippen LogP) is 4.26. The summed E-state index contributed by atoms with van der Waals surface area (Å²) in [5.74, 6) is -3.61. The second-order valence-electron chi connectivity index (χ2n) is 16.4. The zero-order valence-electron chi connectivity index (χ0n) is 32.7. The van der Waals surface area contributed by atoms with Gasteiger partial charge in [0.05, 0.1) is 30.9 Å². The van der Waals surface area contributed by atoms with Crippen molar-refractivity contribution in [3.05, 3.63) is 36.5 Å². The fourth-order valence-corrected chi connectivity index (χ4v) is 8.95. The third-order valence-corrected chi connectivity index (χ3v) is 13.7. The normalized spacial score (nSPS) is 29.4. The highest BCUT2D eigenvalue weighted by molar-refractivity contribution is 7.91. The van der Waals surface area contributed by atoms with Crippen molar-refractivity contribution < 1.29 is 59.4 Å². The van der Waals surface area contributed by atoms with Crippen LogP contribution in [-0.2, 0) is 29.1 Å². The van der Waals surface area contributed by atoms with Gasteiger partial charge in [0.25, 0.3) is 5.91 Å². The summed E-state index contributed by atoms with van der Waals surface area (Å²) in [7, 11) is -2.98. The Morgan fingerprint density at radius 3 is 2.48 bits per heavy atom. The first-order valence-electron chi connectivity index (χ1n) is 19.1. The largest absolute Gasteiger partial charge is 0.497 e. The number of nitrogens with zero attached hydrogens (tertiary/aromatic N) is 3. The number of methoxy groups -OCH3 is 1. The Morgan fingerprint density at radius 1 is 1.10 bits per heavy atom. The van der Waals surface area contributed by atoms with Crippen LogP contribution in [0.3, 0.4) is 0 Å². The van der Waals surface area contributed by atoms with Crippen molar-refractivity contribution in [2.75, 3.05) is 20.3 Å². The lowest BCUT2D eigenvalue weighted by atomic mass is 9.88. The monoisotopic (exact) mass is 840 g/mol. The van der Waals surface area contributed by atoms with E-state index in [9.17, 15) is 45.2 Å². The number of hydrogen-bond donors (Lipinski definition) is 3. The lowest BCUT2D eigenvalue weighted by molar-refractivity contribution is -0.244. The molecular formula is C38H48F4N6O9S. The van der Waals surface area contributed by atoms with Gasteiger partial charge in [-0.3, -0.25) is 19.1 Å². The molecule has 2 saturated carbocycles. The number of allylic oxidation sites excluding steroid dienone is 1. The number of carbonyl (C=O) groups excluding carboxylic acids is 4. The van der Waals surface area contributed by atoms with Crippen molar-refractivity contribution in [1.29, 1.82) is 0 Å². The van der Waals surface area contributed by atoms with E-state index in [4.69, 9.17) is 14.2 Å². The molecule has 7 atom stereocenters. The zero-order valence-corrected chi connectivity index (χ0v) is 33.5. The molecule has 0 bridgehead atoms. The van der Waals surface area contributed by atoms with Crippen LogP contribution < -0.4 is 24.8 Å². The Kier molecular flexibility index (Phi) is 11.7. The van der Waals surface area contributed by atoms with E-state index in [1.807, 2.05) is 11.6 Å². The molecule has 318 valence electrons. The summed E-state index contributed by atoms with van der Waals surface area (Å²) in [6, 6.07) is 2.15. The number of amides is 4. The maximum atomic E-state index is 14.7. The lowest BCUT2D eigenvalue weighted by Crippen LogP contribution is -2.60. The Labute approximate surface area is 333 Å². The Balaban J connectivity index is 1.34. The van der Waals surface area contributed by atoms with Gasteiger partial charge in [-0.15, -0.1) is 0 Å². The summed E-state index contributed by atoms with van der Waals surface area (Å²) in [6.45, 7) is 3.43. The SMILES string of the molecule is COc1ccc2ncc(O[C@@H]3C[C@H]4C(=O)N[C@]5(C(=O)NS(=O)(=O)C6(CF)CC6)C[C@H]5/C=C\CC[C@@H](C)C[C@@H](C)[C@H](NC(=O)OC(C)(C)C(F)(F)F)C(=O)N4C3)nc2c1.